The predicted octanol–water partition coefficient (Wildman–Crippen LogP) is 4.94. The number of nitrogens with one attached hydrogen (secondary N) is 1. The molecule has 6 heteroatoms. The molecule has 1 N–H and O–H groups in total. The van der Waals surface area contributed by atoms with E-state index < -0.39 is 5.91 Å². The Morgan fingerprint density at radius 2 is 1.76 bits per heavy atom. The molecule has 1 aliphatic heterocycles. The zero-order valence-corrected chi connectivity index (χ0v) is 16.8. The van der Waals surface area contributed by atoms with Crippen molar-refractivity contribution in [2.45, 2.75) is 20.4 Å². The molecule has 0 aliphatic carbocycles. The predicted molar refractivity (Wildman–Crippen MR) is 112 cm³/mol. The summed E-state index contributed by atoms with van der Waals surface area (Å²) in [6.45, 7) is 4.03. The third-order valence-electron chi connectivity index (χ3n) is 4.84. The first-order valence-electron chi connectivity index (χ1n) is 9.17. The maximum Gasteiger partial charge on any atom is 0.278 e. The highest BCUT2D eigenvalue weighted by Gasteiger charge is 2.39. The van der Waals surface area contributed by atoms with Gasteiger partial charge in [-0.05, 0) is 55.3 Å². The molecule has 146 valence electrons. The fourth-order valence-electron chi connectivity index (χ4n) is 3.37. The van der Waals surface area contributed by atoms with Crippen LogP contribution in [0.4, 0.5) is 5.69 Å². The van der Waals surface area contributed by atoms with Gasteiger partial charge in [0.1, 0.15) is 11.5 Å². The molecule has 2 aromatic carbocycles. The molecule has 4 rings (SSSR count). The lowest BCUT2D eigenvalue weighted by atomic mass is 10.0. The van der Waals surface area contributed by atoms with Crippen molar-refractivity contribution < 1.29 is 14.0 Å². The number of furan rings is 1. The van der Waals surface area contributed by atoms with Crippen molar-refractivity contribution in [2.24, 2.45) is 0 Å². The zero-order chi connectivity index (χ0) is 20.5. The average molecular weight is 407 g/mol. The van der Waals surface area contributed by atoms with E-state index in [1.54, 1.807) is 36.4 Å². The standard InChI is InChI=1S/C23H19ClN2O3/c1-14-5-10-19(15(2)12-14)25-21-20(16-6-8-17(24)9-7-16)22(27)26(23(21)28)13-18-4-3-11-29-18/h3-12,25H,13H2,1-2H3. The molecule has 0 atom stereocenters. The highest BCUT2D eigenvalue weighted by molar-refractivity contribution is 6.36. The van der Waals surface area contributed by atoms with Gasteiger partial charge in [0, 0.05) is 10.7 Å². The molecule has 0 bridgehead atoms. The first-order chi connectivity index (χ1) is 13.9. The number of hydrogen-bond acceptors (Lipinski definition) is 4. The summed E-state index contributed by atoms with van der Waals surface area (Å²) in [5, 5.41) is 3.75. The van der Waals surface area contributed by atoms with Gasteiger partial charge in [-0.25, -0.2) is 0 Å². The molecule has 1 aromatic heterocycles. The van der Waals surface area contributed by atoms with E-state index in [-0.39, 0.29) is 18.1 Å². The summed E-state index contributed by atoms with van der Waals surface area (Å²) in [6.07, 6.45) is 1.52. The summed E-state index contributed by atoms with van der Waals surface area (Å²) in [4.78, 5) is 27.6. The van der Waals surface area contributed by atoms with Crippen molar-refractivity contribution >= 4 is 34.7 Å². The van der Waals surface area contributed by atoms with Gasteiger partial charge in [-0.15, -0.1) is 0 Å². The van der Waals surface area contributed by atoms with Gasteiger partial charge in [0.2, 0.25) is 0 Å². The van der Waals surface area contributed by atoms with E-state index in [1.165, 1.54) is 11.2 Å². The van der Waals surface area contributed by atoms with Gasteiger partial charge in [0.25, 0.3) is 11.8 Å². The lowest BCUT2D eigenvalue weighted by molar-refractivity contribution is -0.137. The summed E-state index contributed by atoms with van der Waals surface area (Å²) < 4.78 is 5.33. The fourth-order valence-corrected chi connectivity index (χ4v) is 3.49. The second-order valence-electron chi connectivity index (χ2n) is 6.98. The molecule has 0 saturated heterocycles. The van der Waals surface area contributed by atoms with Crippen LogP contribution >= 0.6 is 11.6 Å². The topological polar surface area (TPSA) is 62.6 Å². The summed E-state index contributed by atoms with van der Waals surface area (Å²) in [5.41, 5.74) is 4.07. The fraction of sp³-hybridized carbons (Fsp3) is 0.130. The van der Waals surface area contributed by atoms with Crippen molar-refractivity contribution in [2.75, 3.05) is 5.32 Å². The van der Waals surface area contributed by atoms with E-state index in [4.69, 9.17) is 16.0 Å². The van der Waals surface area contributed by atoms with Gasteiger partial charge in [-0.1, -0.05) is 41.4 Å². The van der Waals surface area contributed by atoms with Crippen molar-refractivity contribution in [1.82, 2.24) is 4.90 Å². The van der Waals surface area contributed by atoms with Crippen LogP contribution in [-0.4, -0.2) is 16.7 Å². The molecule has 2 heterocycles. The van der Waals surface area contributed by atoms with Crippen molar-refractivity contribution in [3.05, 3.63) is 94.0 Å². The largest absolute Gasteiger partial charge is 0.467 e. The Balaban J connectivity index is 1.77. The molecule has 3 aromatic rings. The first kappa shape index (κ1) is 19.0. The van der Waals surface area contributed by atoms with Crippen LogP contribution in [0.3, 0.4) is 0 Å². The number of amides is 2. The van der Waals surface area contributed by atoms with E-state index in [1.807, 2.05) is 32.0 Å². The van der Waals surface area contributed by atoms with Crippen LogP contribution in [-0.2, 0) is 16.1 Å². The normalized spacial score (nSPS) is 14.1. The number of halogens is 1. The maximum absolute atomic E-state index is 13.2. The van der Waals surface area contributed by atoms with Gasteiger partial charge < -0.3 is 9.73 Å². The number of hydrogen-bond donors (Lipinski definition) is 1. The molecule has 5 nitrogen and oxygen atoms in total. The van der Waals surface area contributed by atoms with Crippen LogP contribution in [0.5, 0.6) is 0 Å². The molecule has 0 unspecified atom stereocenters. The highest BCUT2D eigenvalue weighted by atomic mass is 35.5. The third-order valence-corrected chi connectivity index (χ3v) is 5.09. The Hall–Kier alpha value is -3.31. The number of imide groups is 1. The number of nitrogens with zero attached hydrogens (tertiary/aromatic N) is 1. The van der Waals surface area contributed by atoms with Crippen LogP contribution in [0.25, 0.3) is 5.57 Å². The van der Waals surface area contributed by atoms with Gasteiger partial charge >= 0.3 is 0 Å². The van der Waals surface area contributed by atoms with Gasteiger partial charge in [0.05, 0.1) is 18.4 Å². The van der Waals surface area contributed by atoms with Gasteiger partial charge in [-0.2, -0.15) is 0 Å². The molecule has 1 aliphatic rings. The zero-order valence-electron chi connectivity index (χ0n) is 16.0. The Kier molecular flexibility index (Phi) is 4.99. The van der Waals surface area contributed by atoms with Crippen LogP contribution in [0.2, 0.25) is 5.02 Å². The quantitative estimate of drug-likeness (QED) is 0.609. The Labute approximate surface area is 173 Å². The Morgan fingerprint density at radius 1 is 1.00 bits per heavy atom. The molecule has 0 radical (unpaired) electrons. The second kappa shape index (κ2) is 7.60. The van der Waals surface area contributed by atoms with E-state index in [0.717, 1.165) is 16.8 Å². The average Bonchev–Trinajstić information content (AvgIpc) is 3.28. The summed E-state index contributed by atoms with van der Waals surface area (Å²) in [7, 11) is 0. The molecule has 29 heavy (non-hydrogen) atoms. The number of carbonyl (C=O) groups excluding carboxylic acids is 2. The molecule has 0 spiro atoms. The number of benzene rings is 2. The minimum absolute atomic E-state index is 0.0693. The van der Waals surface area contributed by atoms with Crippen molar-refractivity contribution in [3.8, 4) is 0 Å². The minimum atomic E-state index is -0.392. The molecule has 0 fully saturated rings. The molecule has 2 amide bonds. The van der Waals surface area contributed by atoms with E-state index in [0.29, 0.717) is 21.9 Å². The molecular weight excluding hydrogens is 388 g/mol. The first-order valence-corrected chi connectivity index (χ1v) is 9.55. The van der Waals surface area contributed by atoms with Crippen LogP contribution in [0, 0.1) is 13.8 Å². The lowest BCUT2D eigenvalue weighted by Gasteiger charge is -2.14. The van der Waals surface area contributed by atoms with Gasteiger partial charge in [-0.3, -0.25) is 14.5 Å². The Bertz CT molecular complexity index is 1120. The molecule has 0 saturated carbocycles. The van der Waals surface area contributed by atoms with Crippen molar-refractivity contribution in [1.29, 1.82) is 0 Å². The van der Waals surface area contributed by atoms with E-state index in [9.17, 15) is 9.59 Å². The second-order valence-corrected chi connectivity index (χ2v) is 7.41. The van der Waals surface area contributed by atoms with E-state index in [2.05, 4.69) is 5.32 Å². The maximum atomic E-state index is 13.2. The van der Waals surface area contributed by atoms with Crippen LogP contribution in [0.15, 0.2) is 71.0 Å². The Morgan fingerprint density at radius 3 is 2.41 bits per heavy atom. The van der Waals surface area contributed by atoms with E-state index >= 15 is 0 Å². The lowest BCUT2D eigenvalue weighted by Crippen LogP contribution is -2.31. The summed E-state index contributed by atoms with van der Waals surface area (Å²) in [5.74, 6) is -0.229. The number of aryl methyl sites for hydroxylation is 2. The molecular formula is C23H19ClN2O3. The van der Waals surface area contributed by atoms with Crippen molar-refractivity contribution in [3.63, 3.8) is 0 Å². The van der Waals surface area contributed by atoms with Gasteiger partial charge in [0.15, 0.2) is 0 Å². The van der Waals surface area contributed by atoms with Crippen LogP contribution in [0.1, 0.15) is 22.5 Å². The highest BCUT2D eigenvalue weighted by Crippen LogP contribution is 2.33. The smallest absolute Gasteiger partial charge is 0.278 e. The number of rotatable bonds is 5. The van der Waals surface area contributed by atoms with Crippen LogP contribution < -0.4 is 5.32 Å². The summed E-state index contributed by atoms with van der Waals surface area (Å²) in [6, 6.07) is 16.2. The third kappa shape index (κ3) is 3.69. The SMILES string of the molecule is Cc1ccc(NC2=C(c3ccc(Cl)cc3)C(=O)N(Cc3ccco3)C2=O)c(C)c1. The number of carbonyl (C=O) groups is 2. The minimum Gasteiger partial charge on any atom is -0.467 e. The number of anilines is 1. The monoisotopic (exact) mass is 406 g/mol. The summed E-state index contributed by atoms with van der Waals surface area (Å²) >= 11 is 6.00.